The Bertz CT molecular complexity index is 331. The van der Waals surface area contributed by atoms with Crippen LogP contribution in [-0.4, -0.2) is 31.4 Å². The summed E-state index contributed by atoms with van der Waals surface area (Å²) in [5, 5.41) is 13.7. The highest BCUT2D eigenvalue weighted by molar-refractivity contribution is 5.21. The predicted octanol–water partition coefficient (Wildman–Crippen LogP) is 1.52. The smallest absolute Gasteiger partial charge is 0.0992 e. The molecule has 1 aromatic rings. The molecule has 0 amide bonds. The van der Waals surface area contributed by atoms with Gasteiger partial charge in [0.2, 0.25) is 0 Å². The SMILES string of the molecule is CC(O)(CNCC1CCOC1)c1ccccc1. The van der Waals surface area contributed by atoms with Crippen molar-refractivity contribution >= 4 is 0 Å². The lowest BCUT2D eigenvalue weighted by Gasteiger charge is -2.25. The summed E-state index contributed by atoms with van der Waals surface area (Å²) in [4.78, 5) is 0. The van der Waals surface area contributed by atoms with E-state index in [0.29, 0.717) is 12.5 Å². The van der Waals surface area contributed by atoms with Gasteiger partial charge in [0.05, 0.1) is 12.2 Å². The van der Waals surface area contributed by atoms with Crippen LogP contribution in [-0.2, 0) is 10.3 Å². The predicted molar refractivity (Wildman–Crippen MR) is 67.8 cm³/mol. The van der Waals surface area contributed by atoms with Crippen molar-refractivity contribution in [3.8, 4) is 0 Å². The van der Waals surface area contributed by atoms with Gasteiger partial charge >= 0.3 is 0 Å². The van der Waals surface area contributed by atoms with Gasteiger partial charge in [-0.15, -0.1) is 0 Å². The van der Waals surface area contributed by atoms with Crippen LogP contribution < -0.4 is 5.32 Å². The Labute approximate surface area is 103 Å². The zero-order valence-electron chi connectivity index (χ0n) is 10.4. The number of hydrogen-bond donors (Lipinski definition) is 2. The van der Waals surface area contributed by atoms with E-state index in [-0.39, 0.29) is 0 Å². The fourth-order valence-electron chi connectivity index (χ4n) is 2.16. The van der Waals surface area contributed by atoms with E-state index in [1.807, 2.05) is 37.3 Å². The molecular formula is C14H21NO2. The second kappa shape index (κ2) is 5.63. The minimum Gasteiger partial charge on any atom is -0.384 e. The summed E-state index contributed by atoms with van der Waals surface area (Å²) in [5.74, 6) is 0.599. The van der Waals surface area contributed by atoms with Gasteiger partial charge in [-0.3, -0.25) is 0 Å². The first-order valence-corrected chi connectivity index (χ1v) is 6.25. The molecule has 0 aliphatic carbocycles. The standard InChI is InChI=1S/C14H21NO2/c1-14(16,13-5-3-2-4-6-13)11-15-9-12-7-8-17-10-12/h2-6,12,15-16H,7-11H2,1H3. The Morgan fingerprint density at radius 1 is 1.41 bits per heavy atom. The molecule has 17 heavy (non-hydrogen) atoms. The molecule has 2 atom stereocenters. The zero-order chi connectivity index (χ0) is 12.1. The van der Waals surface area contributed by atoms with Gasteiger partial charge in [0.15, 0.2) is 0 Å². The van der Waals surface area contributed by atoms with Crippen LogP contribution in [0.4, 0.5) is 0 Å². The molecule has 1 aliphatic heterocycles. The maximum Gasteiger partial charge on any atom is 0.0992 e. The highest BCUT2D eigenvalue weighted by Gasteiger charge is 2.23. The molecule has 3 nitrogen and oxygen atoms in total. The monoisotopic (exact) mass is 235 g/mol. The van der Waals surface area contributed by atoms with Crippen LogP contribution in [0.3, 0.4) is 0 Å². The molecule has 0 bridgehead atoms. The fraction of sp³-hybridized carbons (Fsp3) is 0.571. The summed E-state index contributed by atoms with van der Waals surface area (Å²) in [6, 6.07) is 9.78. The molecule has 0 spiro atoms. The fourth-order valence-corrected chi connectivity index (χ4v) is 2.16. The average molecular weight is 235 g/mol. The first kappa shape index (κ1) is 12.6. The third-order valence-corrected chi connectivity index (χ3v) is 3.32. The molecule has 1 aliphatic rings. The summed E-state index contributed by atoms with van der Waals surface area (Å²) < 4.78 is 5.32. The highest BCUT2D eigenvalue weighted by atomic mass is 16.5. The van der Waals surface area contributed by atoms with Crippen molar-refractivity contribution < 1.29 is 9.84 Å². The van der Waals surface area contributed by atoms with Gasteiger partial charge in [-0.25, -0.2) is 0 Å². The molecule has 2 rings (SSSR count). The zero-order valence-corrected chi connectivity index (χ0v) is 10.4. The van der Waals surface area contributed by atoms with Crippen molar-refractivity contribution in [1.82, 2.24) is 5.32 Å². The molecule has 1 fully saturated rings. The molecule has 0 saturated carbocycles. The summed E-state index contributed by atoms with van der Waals surface area (Å²) in [7, 11) is 0. The van der Waals surface area contributed by atoms with Crippen molar-refractivity contribution in [2.45, 2.75) is 18.9 Å². The van der Waals surface area contributed by atoms with Crippen LogP contribution in [0.15, 0.2) is 30.3 Å². The Morgan fingerprint density at radius 3 is 2.82 bits per heavy atom. The Hall–Kier alpha value is -0.900. The normalized spacial score (nSPS) is 23.5. The number of nitrogens with one attached hydrogen (secondary N) is 1. The van der Waals surface area contributed by atoms with Crippen molar-refractivity contribution in [2.75, 3.05) is 26.3 Å². The summed E-state index contributed by atoms with van der Waals surface area (Å²) in [5.41, 5.74) is 0.149. The number of benzene rings is 1. The summed E-state index contributed by atoms with van der Waals surface area (Å²) in [6.07, 6.45) is 1.13. The lowest BCUT2D eigenvalue weighted by atomic mass is 9.96. The topological polar surface area (TPSA) is 41.5 Å². The number of ether oxygens (including phenoxy) is 1. The maximum atomic E-state index is 10.4. The van der Waals surface area contributed by atoms with E-state index in [2.05, 4.69) is 5.32 Å². The van der Waals surface area contributed by atoms with E-state index in [1.54, 1.807) is 0 Å². The molecule has 2 unspecified atom stereocenters. The number of hydrogen-bond acceptors (Lipinski definition) is 3. The Kier molecular flexibility index (Phi) is 4.15. The minimum absolute atomic E-state index is 0.577. The lowest BCUT2D eigenvalue weighted by molar-refractivity contribution is 0.0557. The second-order valence-corrected chi connectivity index (χ2v) is 5.00. The number of rotatable bonds is 5. The van der Waals surface area contributed by atoms with Crippen LogP contribution in [0.1, 0.15) is 18.9 Å². The van der Waals surface area contributed by atoms with Crippen molar-refractivity contribution in [1.29, 1.82) is 0 Å². The van der Waals surface area contributed by atoms with Gasteiger partial charge in [0.25, 0.3) is 0 Å². The molecule has 94 valence electrons. The van der Waals surface area contributed by atoms with Gasteiger partial charge in [0.1, 0.15) is 0 Å². The van der Waals surface area contributed by atoms with Crippen molar-refractivity contribution in [3.63, 3.8) is 0 Å². The van der Waals surface area contributed by atoms with E-state index in [0.717, 1.165) is 31.7 Å². The lowest BCUT2D eigenvalue weighted by Crippen LogP contribution is -2.37. The molecule has 2 N–H and O–H groups in total. The summed E-state index contributed by atoms with van der Waals surface area (Å²) >= 11 is 0. The molecule has 0 radical (unpaired) electrons. The van der Waals surface area contributed by atoms with Crippen LogP contribution in [0.25, 0.3) is 0 Å². The maximum absolute atomic E-state index is 10.4. The van der Waals surface area contributed by atoms with Gasteiger partial charge in [-0.2, -0.15) is 0 Å². The van der Waals surface area contributed by atoms with Crippen LogP contribution >= 0.6 is 0 Å². The van der Waals surface area contributed by atoms with Gasteiger partial charge in [-0.05, 0) is 24.8 Å². The van der Waals surface area contributed by atoms with E-state index < -0.39 is 5.60 Å². The second-order valence-electron chi connectivity index (χ2n) is 5.00. The molecule has 0 aromatic heterocycles. The van der Waals surface area contributed by atoms with E-state index in [1.165, 1.54) is 0 Å². The minimum atomic E-state index is -0.805. The first-order chi connectivity index (χ1) is 8.18. The molecule has 1 heterocycles. The van der Waals surface area contributed by atoms with Gasteiger partial charge < -0.3 is 15.2 Å². The van der Waals surface area contributed by atoms with E-state index >= 15 is 0 Å². The van der Waals surface area contributed by atoms with Crippen molar-refractivity contribution in [2.24, 2.45) is 5.92 Å². The van der Waals surface area contributed by atoms with Crippen LogP contribution in [0.5, 0.6) is 0 Å². The molecule has 1 saturated heterocycles. The Morgan fingerprint density at radius 2 is 2.18 bits per heavy atom. The largest absolute Gasteiger partial charge is 0.384 e. The quantitative estimate of drug-likeness (QED) is 0.813. The van der Waals surface area contributed by atoms with E-state index in [9.17, 15) is 5.11 Å². The molecule has 3 heteroatoms. The van der Waals surface area contributed by atoms with Crippen LogP contribution in [0.2, 0.25) is 0 Å². The third kappa shape index (κ3) is 3.53. The van der Waals surface area contributed by atoms with Crippen LogP contribution in [0, 0.1) is 5.92 Å². The summed E-state index contributed by atoms with van der Waals surface area (Å²) in [6.45, 7) is 5.07. The molecular weight excluding hydrogens is 214 g/mol. The van der Waals surface area contributed by atoms with Gasteiger partial charge in [-0.1, -0.05) is 30.3 Å². The third-order valence-electron chi connectivity index (χ3n) is 3.32. The average Bonchev–Trinajstić information content (AvgIpc) is 2.83. The first-order valence-electron chi connectivity index (χ1n) is 6.25. The van der Waals surface area contributed by atoms with Crippen molar-refractivity contribution in [3.05, 3.63) is 35.9 Å². The number of aliphatic hydroxyl groups is 1. The Balaban J connectivity index is 1.80. The van der Waals surface area contributed by atoms with E-state index in [4.69, 9.17) is 4.74 Å². The highest BCUT2D eigenvalue weighted by Crippen LogP contribution is 2.19. The van der Waals surface area contributed by atoms with Gasteiger partial charge in [0, 0.05) is 19.7 Å². The molecule has 1 aromatic carbocycles.